The molecule has 2 N–H and O–H groups in total. The van der Waals surface area contributed by atoms with Gasteiger partial charge in [-0.3, -0.25) is 0 Å². The van der Waals surface area contributed by atoms with Gasteiger partial charge in [0.05, 0.1) is 6.61 Å². The summed E-state index contributed by atoms with van der Waals surface area (Å²) < 4.78 is 31.5. The van der Waals surface area contributed by atoms with Crippen LogP contribution in [0.3, 0.4) is 0 Å². The van der Waals surface area contributed by atoms with Crippen LogP contribution in [0.4, 0.5) is 4.79 Å². The SMILES string of the molecule is CCOC(=O)NS(=O)(=O)NCC1(CCCl)CC1. The van der Waals surface area contributed by atoms with Gasteiger partial charge in [-0.25, -0.2) is 9.52 Å². The van der Waals surface area contributed by atoms with Gasteiger partial charge in [0.2, 0.25) is 0 Å². The average Bonchev–Trinajstić information content (AvgIpc) is 2.96. The monoisotopic (exact) mass is 284 g/mol. The molecule has 1 rings (SSSR count). The van der Waals surface area contributed by atoms with Crippen molar-refractivity contribution in [3.63, 3.8) is 0 Å². The van der Waals surface area contributed by atoms with Crippen LogP contribution in [0.5, 0.6) is 0 Å². The molecule has 0 heterocycles. The van der Waals surface area contributed by atoms with Crippen LogP contribution in [0.2, 0.25) is 0 Å². The summed E-state index contributed by atoms with van der Waals surface area (Å²) >= 11 is 5.63. The van der Waals surface area contributed by atoms with E-state index in [-0.39, 0.29) is 12.0 Å². The first-order valence-electron chi connectivity index (χ1n) is 5.43. The molecule has 1 fully saturated rings. The normalized spacial score (nSPS) is 17.5. The second kappa shape index (κ2) is 5.88. The van der Waals surface area contributed by atoms with E-state index in [4.69, 9.17) is 11.6 Å². The summed E-state index contributed by atoms with van der Waals surface area (Å²) in [6, 6.07) is 0. The van der Waals surface area contributed by atoms with Crippen molar-refractivity contribution >= 4 is 27.9 Å². The van der Waals surface area contributed by atoms with Gasteiger partial charge in [-0.15, -0.1) is 11.6 Å². The van der Waals surface area contributed by atoms with Crippen molar-refractivity contribution in [3.8, 4) is 0 Å². The van der Waals surface area contributed by atoms with E-state index in [1.54, 1.807) is 11.6 Å². The molecule has 0 aromatic carbocycles. The summed E-state index contributed by atoms with van der Waals surface area (Å²) in [5.41, 5.74) is -0.0227. The maximum Gasteiger partial charge on any atom is 0.421 e. The predicted molar refractivity (Wildman–Crippen MR) is 64.1 cm³/mol. The number of carbonyl (C=O) groups excluding carboxylic acids is 1. The summed E-state index contributed by atoms with van der Waals surface area (Å²) in [5.74, 6) is 0.507. The van der Waals surface area contributed by atoms with Crippen LogP contribution in [0.15, 0.2) is 0 Å². The number of hydrogen-bond donors (Lipinski definition) is 2. The Morgan fingerprint density at radius 2 is 2.12 bits per heavy atom. The van der Waals surface area contributed by atoms with Crippen LogP contribution in [-0.2, 0) is 14.9 Å². The Kier molecular flexibility index (Phi) is 5.03. The van der Waals surface area contributed by atoms with E-state index in [2.05, 4.69) is 9.46 Å². The smallest absolute Gasteiger partial charge is 0.421 e. The molecule has 1 aliphatic carbocycles. The van der Waals surface area contributed by atoms with Crippen LogP contribution in [0.1, 0.15) is 26.2 Å². The molecular formula is C9H17ClN2O4S. The molecule has 1 saturated carbocycles. The Balaban J connectivity index is 2.37. The second-order valence-corrected chi connectivity index (χ2v) is 5.96. The van der Waals surface area contributed by atoms with Gasteiger partial charge in [-0.05, 0) is 31.6 Å². The number of nitrogens with one attached hydrogen (secondary N) is 2. The van der Waals surface area contributed by atoms with Gasteiger partial charge in [-0.2, -0.15) is 13.1 Å². The zero-order valence-electron chi connectivity index (χ0n) is 9.66. The van der Waals surface area contributed by atoms with Crippen molar-refractivity contribution in [2.75, 3.05) is 19.0 Å². The van der Waals surface area contributed by atoms with E-state index in [9.17, 15) is 13.2 Å². The van der Waals surface area contributed by atoms with Gasteiger partial charge in [0.1, 0.15) is 0 Å². The molecule has 1 amide bonds. The van der Waals surface area contributed by atoms with Crippen molar-refractivity contribution in [3.05, 3.63) is 0 Å². The van der Waals surface area contributed by atoms with Gasteiger partial charge >= 0.3 is 16.3 Å². The van der Waals surface area contributed by atoms with E-state index < -0.39 is 16.3 Å². The summed E-state index contributed by atoms with van der Waals surface area (Å²) in [6.45, 7) is 2.02. The maximum absolute atomic E-state index is 11.4. The maximum atomic E-state index is 11.4. The first-order chi connectivity index (χ1) is 7.93. The lowest BCUT2D eigenvalue weighted by molar-refractivity contribution is 0.158. The molecule has 17 heavy (non-hydrogen) atoms. The van der Waals surface area contributed by atoms with E-state index in [1.165, 1.54) is 0 Å². The summed E-state index contributed by atoms with van der Waals surface area (Å²) in [6.07, 6.45) is 1.72. The predicted octanol–water partition coefficient (Wildman–Crippen LogP) is 0.976. The molecule has 6 nitrogen and oxygen atoms in total. The van der Waals surface area contributed by atoms with Crippen molar-refractivity contribution in [1.82, 2.24) is 9.44 Å². The van der Waals surface area contributed by atoms with Crippen molar-refractivity contribution < 1.29 is 17.9 Å². The third-order valence-electron chi connectivity index (χ3n) is 2.71. The largest absolute Gasteiger partial charge is 0.449 e. The van der Waals surface area contributed by atoms with Gasteiger partial charge in [0.25, 0.3) is 0 Å². The number of alkyl halides is 1. The van der Waals surface area contributed by atoms with Crippen LogP contribution in [0.25, 0.3) is 0 Å². The topological polar surface area (TPSA) is 84.5 Å². The minimum absolute atomic E-state index is 0.0227. The van der Waals surface area contributed by atoms with Crippen LogP contribution in [-0.4, -0.2) is 33.5 Å². The molecule has 0 saturated heterocycles. The fourth-order valence-corrected chi connectivity index (χ4v) is 2.69. The Bertz CT molecular complexity index is 367. The third kappa shape index (κ3) is 5.10. The molecule has 100 valence electrons. The van der Waals surface area contributed by atoms with Crippen LogP contribution >= 0.6 is 11.6 Å². The number of carbonyl (C=O) groups is 1. The molecule has 0 unspecified atom stereocenters. The minimum atomic E-state index is -3.83. The third-order valence-corrected chi connectivity index (χ3v) is 3.86. The zero-order chi connectivity index (χ0) is 12.9. The highest BCUT2D eigenvalue weighted by Crippen LogP contribution is 2.48. The standard InChI is InChI=1S/C9H17ClN2O4S/c1-2-16-8(13)12-17(14,15)11-7-9(3-4-9)5-6-10/h11H,2-7H2,1H3,(H,12,13). The number of ether oxygens (including phenoxy) is 1. The van der Waals surface area contributed by atoms with Crippen molar-refractivity contribution in [2.24, 2.45) is 5.41 Å². The molecule has 0 aliphatic heterocycles. The summed E-state index contributed by atoms with van der Waals surface area (Å²) in [7, 11) is -3.83. The fourth-order valence-electron chi connectivity index (χ4n) is 1.45. The Hall–Kier alpha value is -0.530. The van der Waals surface area contributed by atoms with Gasteiger partial charge < -0.3 is 4.74 Å². The molecule has 0 atom stereocenters. The number of rotatable bonds is 7. The number of hydrogen-bond acceptors (Lipinski definition) is 4. The highest BCUT2D eigenvalue weighted by molar-refractivity contribution is 7.88. The minimum Gasteiger partial charge on any atom is -0.449 e. The molecule has 0 spiro atoms. The van der Waals surface area contributed by atoms with E-state index in [0.717, 1.165) is 19.3 Å². The van der Waals surface area contributed by atoms with E-state index in [0.29, 0.717) is 12.4 Å². The van der Waals surface area contributed by atoms with Gasteiger partial charge in [-0.1, -0.05) is 0 Å². The van der Waals surface area contributed by atoms with Crippen LogP contribution in [0, 0.1) is 5.41 Å². The number of amides is 1. The quantitative estimate of drug-likeness (QED) is 0.683. The fraction of sp³-hybridized carbons (Fsp3) is 0.889. The molecule has 8 heteroatoms. The lowest BCUT2D eigenvalue weighted by Crippen LogP contribution is -2.42. The highest BCUT2D eigenvalue weighted by Gasteiger charge is 2.42. The molecule has 1 aliphatic rings. The Labute approximate surface area is 106 Å². The summed E-state index contributed by atoms with van der Waals surface area (Å²) in [5, 5.41) is 0. The van der Waals surface area contributed by atoms with Crippen molar-refractivity contribution in [2.45, 2.75) is 26.2 Å². The Morgan fingerprint density at radius 1 is 1.47 bits per heavy atom. The number of halogens is 1. The zero-order valence-corrected chi connectivity index (χ0v) is 11.2. The highest BCUT2D eigenvalue weighted by atomic mass is 35.5. The lowest BCUT2D eigenvalue weighted by atomic mass is 10.1. The molecule has 0 radical (unpaired) electrons. The van der Waals surface area contributed by atoms with Gasteiger partial charge in [0, 0.05) is 12.4 Å². The summed E-state index contributed by atoms with van der Waals surface area (Å²) in [4.78, 5) is 11.0. The Morgan fingerprint density at radius 3 is 2.59 bits per heavy atom. The van der Waals surface area contributed by atoms with Crippen LogP contribution < -0.4 is 9.44 Å². The first kappa shape index (κ1) is 14.5. The molecule has 0 aromatic heterocycles. The van der Waals surface area contributed by atoms with Crippen molar-refractivity contribution in [1.29, 1.82) is 0 Å². The van der Waals surface area contributed by atoms with E-state index in [1.807, 2.05) is 0 Å². The lowest BCUT2D eigenvalue weighted by Gasteiger charge is -2.14. The average molecular weight is 285 g/mol. The molecule has 0 aromatic rings. The van der Waals surface area contributed by atoms with E-state index >= 15 is 0 Å². The molecular weight excluding hydrogens is 268 g/mol. The molecule has 0 bridgehead atoms. The first-order valence-corrected chi connectivity index (χ1v) is 7.45. The van der Waals surface area contributed by atoms with Gasteiger partial charge in [0.15, 0.2) is 0 Å². The second-order valence-electron chi connectivity index (χ2n) is 4.09.